The molecule has 0 radical (unpaired) electrons. The Balaban J connectivity index is 1.82. The van der Waals surface area contributed by atoms with Gasteiger partial charge in [0.2, 0.25) is 5.91 Å². The molecule has 0 unspecified atom stereocenters. The molecule has 1 aliphatic rings. The topological polar surface area (TPSA) is 67.8 Å². The molecule has 1 amide bonds. The molecule has 1 saturated carbocycles. The number of benzene rings is 1. The van der Waals surface area contributed by atoms with Gasteiger partial charge in [-0.3, -0.25) is 4.79 Å². The van der Waals surface area contributed by atoms with Crippen LogP contribution in [0.2, 0.25) is 0 Å². The molecule has 1 aliphatic carbocycles. The van der Waals surface area contributed by atoms with Gasteiger partial charge in [-0.15, -0.1) is 0 Å². The van der Waals surface area contributed by atoms with Gasteiger partial charge in [0.05, 0.1) is 26.7 Å². The number of rotatable bonds is 7. The maximum absolute atomic E-state index is 11.5. The van der Waals surface area contributed by atoms with Crippen molar-refractivity contribution in [3.05, 3.63) is 23.8 Å². The first-order chi connectivity index (χ1) is 9.22. The van der Waals surface area contributed by atoms with Crippen molar-refractivity contribution in [3.63, 3.8) is 0 Å². The molecular formula is C14H19NO4. The van der Waals surface area contributed by atoms with E-state index in [-0.39, 0.29) is 12.5 Å². The van der Waals surface area contributed by atoms with Crippen molar-refractivity contribution < 1.29 is 19.4 Å². The van der Waals surface area contributed by atoms with Crippen LogP contribution in [0.1, 0.15) is 24.8 Å². The largest absolute Gasteiger partial charge is 0.497 e. The summed E-state index contributed by atoms with van der Waals surface area (Å²) in [7, 11) is 1.57. The zero-order valence-corrected chi connectivity index (χ0v) is 11.0. The molecule has 0 aromatic heterocycles. The average Bonchev–Trinajstić information content (AvgIpc) is 3.22. The number of amides is 1. The number of aliphatic hydroxyl groups is 1. The molecule has 1 aromatic carbocycles. The van der Waals surface area contributed by atoms with E-state index >= 15 is 0 Å². The second-order valence-corrected chi connectivity index (χ2v) is 4.57. The second-order valence-electron chi connectivity index (χ2n) is 4.57. The molecule has 104 valence electrons. The smallest absolute Gasteiger partial charge is 0.223 e. The third-order valence-corrected chi connectivity index (χ3v) is 2.97. The Morgan fingerprint density at radius 3 is 2.89 bits per heavy atom. The molecule has 0 aliphatic heterocycles. The van der Waals surface area contributed by atoms with E-state index < -0.39 is 0 Å². The van der Waals surface area contributed by atoms with Crippen molar-refractivity contribution in [2.75, 3.05) is 13.7 Å². The Labute approximate surface area is 112 Å². The Morgan fingerprint density at radius 1 is 1.47 bits per heavy atom. The SMILES string of the molecule is COc1ccc(OCCC(=O)NC2CC2)c(CO)c1. The maximum Gasteiger partial charge on any atom is 0.223 e. The van der Waals surface area contributed by atoms with Gasteiger partial charge in [-0.05, 0) is 31.0 Å². The molecule has 5 heteroatoms. The molecule has 0 heterocycles. The number of carbonyl (C=O) groups excluding carboxylic acids is 1. The van der Waals surface area contributed by atoms with Gasteiger partial charge in [-0.25, -0.2) is 0 Å². The molecule has 2 rings (SSSR count). The summed E-state index contributed by atoms with van der Waals surface area (Å²) in [5.41, 5.74) is 0.655. The average molecular weight is 265 g/mol. The highest BCUT2D eigenvalue weighted by atomic mass is 16.5. The Kier molecular flexibility index (Phi) is 4.63. The fourth-order valence-electron chi connectivity index (χ4n) is 1.73. The number of carbonyl (C=O) groups is 1. The minimum atomic E-state index is -0.124. The van der Waals surface area contributed by atoms with Crippen LogP contribution < -0.4 is 14.8 Å². The van der Waals surface area contributed by atoms with E-state index in [0.29, 0.717) is 36.1 Å². The lowest BCUT2D eigenvalue weighted by Gasteiger charge is -2.11. The predicted octanol–water partition coefficient (Wildman–Crippen LogP) is 1.23. The molecule has 0 bridgehead atoms. The highest BCUT2D eigenvalue weighted by molar-refractivity contribution is 5.76. The van der Waals surface area contributed by atoms with Crippen molar-refractivity contribution in [2.45, 2.75) is 31.9 Å². The highest BCUT2D eigenvalue weighted by Gasteiger charge is 2.22. The highest BCUT2D eigenvalue weighted by Crippen LogP contribution is 2.24. The van der Waals surface area contributed by atoms with Crippen LogP contribution in [0.5, 0.6) is 11.5 Å². The second kappa shape index (κ2) is 6.43. The summed E-state index contributed by atoms with van der Waals surface area (Å²) >= 11 is 0. The van der Waals surface area contributed by atoms with Gasteiger partial charge in [0.1, 0.15) is 11.5 Å². The Bertz CT molecular complexity index is 443. The zero-order valence-electron chi connectivity index (χ0n) is 11.0. The summed E-state index contributed by atoms with van der Waals surface area (Å²) in [4.78, 5) is 11.5. The van der Waals surface area contributed by atoms with Crippen molar-refractivity contribution in [3.8, 4) is 11.5 Å². The fraction of sp³-hybridized carbons (Fsp3) is 0.500. The molecule has 0 spiro atoms. The first-order valence-corrected chi connectivity index (χ1v) is 6.43. The Hall–Kier alpha value is -1.75. The van der Waals surface area contributed by atoms with E-state index in [4.69, 9.17) is 9.47 Å². The van der Waals surface area contributed by atoms with Crippen molar-refractivity contribution in [1.82, 2.24) is 5.32 Å². The summed E-state index contributed by atoms with van der Waals surface area (Å²) in [5, 5.41) is 12.2. The van der Waals surface area contributed by atoms with E-state index in [2.05, 4.69) is 5.32 Å². The summed E-state index contributed by atoms with van der Waals surface area (Å²) in [5.74, 6) is 1.27. The van der Waals surface area contributed by atoms with Gasteiger partial charge in [0.25, 0.3) is 0 Å². The standard InChI is InChI=1S/C14H19NO4/c1-18-12-4-5-13(10(8-12)9-16)19-7-6-14(17)15-11-2-3-11/h4-5,8,11,16H,2-3,6-7,9H2,1H3,(H,15,17). The quantitative estimate of drug-likeness (QED) is 0.778. The van der Waals surface area contributed by atoms with Crippen LogP contribution in [-0.2, 0) is 11.4 Å². The summed E-state index contributed by atoms with van der Waals surface area (Å²) < 4.78 is 10.6. The molecule has 19 heavy (non-hydrogen) atoms. The molecule has 2 N–H and O–H groups in total. The van der Waals surface area contributed by atoms with E-state index in [9.17, 15) is 9.90 Å². The van der Waals surface area contributed by atoms with Gasteiger partial charge in [-0.2, -0.15) is 0 Å². The number of hydrogen-bond acceptors (Lipinski definition) is 4. The Morgan fingerprint density at radius 2 is 2.26 bits per heavy atom. The van der Waals surface area contributed by atoms with Crippen LogP contribution in [0, 0.1) is 0 Å². The van der Waals surface area contributed by atoms with E-state index in [1.165, 1.54) is 0 Å². The van der Waals surface area contributed by atoms with Crippen LogP contribution >= 0.6 is 0 Å². The van der Waals surface area contributed by atoms with Gasteiger partial charge < -0.3 is 19.9 Å². The molecule has 1 aromatic rings. The first kappa shape index (κ1) is 13.7. The third-order valence-electron chi connectivity index (χ3n) is 2.97. The zero-order chi connectivity index (χ0) is 13.7. The number of nitrogens with one attached hydrogen (secondary N) is 1. The maximum atomic E-state index is 11.5. The van der Waals surface area contributed by atoms with Crippen LogP contribution in [0.4, 0.5) is 0 Å². The molecular weight excluding hydrogens is 246 g/mol. The lowest BCUT2D eigenvalue weighted by atomic mass is 10.2. The third kappa shape index (κ3) is 4.13. The van der Waals surface area contributed by atoms with Crippen LogP contribution in [0.25, 0.3) is 0 Å². The normalized spacial score (nSPS) is 14.0. The van der Waals surface area contributed by atoms with E-state index in [1.807, 2.05) is 0 Å². The fourth-order valence-corrected chi connectivity index (χ4v) is 1.73. The summed E-state index contributed by atoms with van der Waals surface area (Å²) in [6, 6.07) is 5.60. The lowest BCUT2D eigenvalue weighted by Crippen LogP contribution is -2.26. The molecule has 1 fully saturated rings. The van der Waals surface area contributed by atoms with Crippen LogP contribution in [-0.4, -0.2) is 30.8 Å². The van der Waals surface area contributed by atoms with Gasteiger partial charge >= 0.3 is 0 Å². The van der Waals surface area contributed by atoms with Crippen molar-refractivity contribution >= 4 is 5.91 Å². The number of ether oxygens (including phenoxy) is 2. The number of aliphatic hydroxyl groups excluding tert-OH is 1. The van der Waals surface area contributed by atoms with Crippen LogP contribution in [0.15, 0.2) is 18.2 Å². The number of methoxy groups -OCH3 is 1. The molecule has 0 atom stereocenters. The van der Waals surface area contributed by atoms with E-state index in [1.54, 1.807) is 25.3 Å². The minimum Gasteiger partial charge on any atom is -0.497 e. The summed E-state index contributed by atoms with van der Waals surface area (Å²) in [6.45, 7) is 0.179. The van der Waals surface area contributed by atoms with Gasteiger partial charge in [0.15, 0.2) is 0 Å². The van der Waals surface area contributed by atoms with E-state index in [0.717, 1.165) is 12.8 Å². The first-order valence-electron chi connectivity index (χ1n) is 6.43. The monoisotopic (exact) mass is 265 g/mol. The predicted molar refractivity (Wildman–Crippen MR) is 70.2 cm³/mol. The number of hydrogen-bond donors (Lipinski definition) is 2. The molecule has 5 nitrogen and oxygen atoms in total. The van der Waals surface area contributed by atoms with Gasteiger partial charge in [-0.1, -0.05) is 0 Å². The van der Waals surface area contributed by atoms with Crippen molar-refractivity contribution in [2.24, 2.45) is 0 Å². The van der Waals surface area contributed by atoms with Gasteiger partial charge in [0, 0.05) is 11.6 Å². The minimum absolute atomic E-state index is 0.0153. The van der Waals surface area contributed by atoms with Crippen molar-refractivity contribution in [1.29, 1.82) is 0 Å². The molecule has 0 saturated heterocycles. The van der Waals surface area contributed by atoms with Crippen LogP contribution in [0.3, 0.4) is 0 Å². The lowest BCUT2D eigenvalue weighted by molar-refractivity contribution is -0.121. The summed E-state index contributed by atoms with van der Waals surface area (Å²) in [6.07, 6.45) is 2.49.